The summed E-state index contributed by atoms with van der Waals surface area (Å²) in [5, 5.41) is 2.18. The molecular weight excluding hydrogens is 288 g/mol. The van der Waals surface area contributed by atoms with E-state index in [0.29, 0.717) is 18.2 Å². The molecular formula is C19H27N2O2+. The molecule has 1 saturated carbocycles. The van der Waals surface area contributed by atoms with E-state index in [0.717, 1.165) is 5.56 Å². The zero-order chi connectivity index (χ0) is 16.2. The second-order valence-corrected chi connectivity index (χ2v) is 7.01. The molecule has 1 atom stereocenters. The van der Waals surface area contributed by atoms with E-state index in [1.165, 1.54) is 49.8 Å². The first-order valence-electron chi connectivity index (χ1n) is 8.93. The van der Waals surface area contributed by atoms with Crippen molar-refractivity contribution in [1.82, 2.24) is 0 Å². The summed E-state index contributed by atoms with van der Waals surface area (Å²) in [6, 6.07) is 7.89. The quantitative estimate of drug-likeness (QED) is 0.870. The summed E-state index contributed by atoms with van der Waals surface area (Å²) >= 11 is 0. The molecule has 1 aromatic carbocycles. The second-order valence-electron chi connectivity index (χ2n) is 7.01. The van der Waals surface area contributed by atoms with Gasteiger partial charge in [-0.2, -0.15) is 0 Å². The predicted molar refractivity (Wildman–Crippen MR) is 90.1 cm³/mol. The highest BCUT2D eigenvalue weighted by atomic mass is 16.2. The highest BCUT2D eigenvalue weighted by Crippen LogP contribution is 2.22. The van der Waals surface area contributed by atoms with Gasteiger partial charge in [0.2, 0.25) is 5.91 Å². The van der Waals surface area contributed by atoms with Crippen molar-refractivity contribution in [1.29, 1.82) is 0 Å². The van der Waals surface area contributed by atoms with Gasteiger partial charge < -0.3 is 5.32 Å². The van der Waals surface area contributed by atoms with E-state index < -0.39 is 0 Å². The van der Waals surface area contributed by atoms with Crippen LogP contribution in [-0.2, 0) is 9.59 Å². The lowest BCUT2D eigenvalue weighted by atomic mass is 9.96. The van der Waals surface area contributed by atoms with Gasteiger partial charge in [0.1, 0.15) is 0 Å². The number of carbonyl (C=O) groups is 2. The smallest absolute Gasteiger partial charge is 0.292 e. The van der Waals surface area contributed by atoms with Gasteiger partial charge in [-0.1, -0.05) is 37.0 Å². The van der Waals surface area contributed by atoms with Crippen molar-refractivity contribution in [2.75, 3.05) is 4.90 Å². The van der Waals surface area contributed by atoms with Gasteiger partial charge in [0.25, 0.3) is 5.91 Å². The molecule has 1 aliphatic carbocycles. The maximum absolute atomic E-state index is 12.7. The minimum absolute atomic E-state index is 0.0408. The molecule has 2 aliphatic rings. The number of imide groups is 1. The van der Waals surface area contributed by atoms with Gasteiger partial charge in [-0.15, -0.1) is 0 Å². The van der Waals surface area contributed by atoms with Gasteiger partial charge in [0, 0.05) is 0 Å². The average molecular weight is 315 g/mol. The van der Waals surface area contributed by atoms with Crippen molar-refractivity contribution < 1.29 is 14.9 Å². The molecule has 2 fully saturated rings. The minimum Gasteiger partial charge on any atom is -0.333 e. The summed E-state index contributed by atoms with van der Waals surface area (Å²) in [7, 11) is 0. The number of nitrogens with two attached hydrogens (primary N) is 1. The SMILES string of the molecule is Cc1ccc(N2C(=O)C[C@@H]([NH2+]C3CCCCCCC3)C2=O)cc1. The topological polar surface area (TPSA) is 54.0 Å². The van der Waals surface area contributed by atoms with Crippen LogP contribution in [0.3, 0.4) is 0 Å². The van der Waals surface area contributed by atoms with Crippen molar-refractivity contribution in [3.63, 3.8) is 0 Å². The Labute approximate surface area is 138 Å². The normalized spacial score (nSPS) is 23.9. The molecule has 0 unspecified atom stereocenters. The number of hydrogen-bond donors (Lipinski definition) is 1. The largest absolute Gasteiger partial charge is 0.333 e. The fourth-order valence-electron chi connectivity index (χ4n) is 3.78. The first kappa shape index (κ1) is 16.2. The number of amides is 2. The maximum Gasteiger partial charge on any atom is 0.292 e. The molecule has 3 rings (SSSR count). The van der Waals surface area contributed by atoms with Gasteiger partial charge >= 0.3 is 0 Å². The fraction of sp³-hybridized carbons (Fsp3) is 0.579. The van der Waals surface area contributed by atoms with Crippen LogP contribution in [0.2, 0.25) is 0 Å². The van der Waals surface area contributed by atoms with E-state index in [1.54, 1.807) is 0 Å². The maximum atomic E-state index is 12.7. The molecule has 0 bridgehead atoms. The van der Waals surface area contributed by atoms with E-state index in [4.69, 9.17) is 0 Å². The number of anilines is 1. The first-order chi connectivity index (χ1) is 11.1. The van der Waals surface area contributed by atoms with Gasteiger partial charge in [0.05, 0.1) is 18.2 Å². The summed E-state index contributed by atoms with van der Waals surface area (Å²) in [6.45, 7) is 2.00. The predicted octanol–water partition coefficient (Wildman–Crippen LogP) is 2.30. The highest BCUT2D eigenvalue weighted by molar-refractivity contribution is 6.21. The number of benzene rings is 1. The zero-order valence-electron chi connectivity index (χ0n) is 14.0. The monoisotopic (exact) mass is 315 g/mol. The number of carbonyl (C=O) groups excluding carboxylic acids is 2. The van der Waals surface area contributed by atoms with E-state index >= 15 is 0 Å². The highest BCUT2D eigenvalue weighted by Gasteiger charge is 2.43. The van der Waals surface area contributed by atoms with Crippen LogP contribution in [0, 0.1) is 6.92 Å². The van der Waals surface area contributed by atoms with E-state index in [2.05, 4.69) is 5.32 Å². The molecule has 1 heterocycles. The van der Waals surface area contributed by atoms with Crippen molar-refractivity contribution in [3.05, 3.63) is 29.8 Å². The Morgan fingerprint density at radius 2 is 1.57 bits per heavy atom. The van der Waals surface area contributed by atoms with Gasteiger partial charge in [-0.25, -0.2) is 4.90 Å². The Morgan fingerprint density at radius 1 is 0.957 bits per heavy atom. The lowest BCUT2D eigenvalue weighted by Crippen LogP contribution is -2.96. The van der Waals surface area contributed by atoms with E-state index in [9.17, 15) is 9.59 Å². The molecule has 4 nitrogen and oxygen atoms in total. The van der Waals surface area contributed by atoms with Crippen LogP contribution in [-0.4, -0.2) is 23.9 Å². The van der Waals surface area contributed by atoms with Gasteiger partial charge in [-0.05, 0) is 44.7 Å². The van der Waals surface area contributed by atoms with Crippen LogP contribution >= 0.6 is 0 Å². The molecule has 23 heavy (non-hydrogen) atoms. The van der Waals surface area contributed by atoms with Gasteiger partial charge in [0.15, 0.2) is 6.04 Å². The summed E-state index contributed by atoms with van der Waals surface area (Å²) < 4.78 is 0. The summed E-state index contributed by atoms with van der Waals surface area (Å²) in [4.78, 5) is 26.4. The number of aryl methyl sites for hydroxylation is 1. The Kier molecular flexibility index (Phi) is 5.11. The molecule has 0 aromatic heterocycles. The van der Waals surface area contributed by atoms with Crippen LogP contribution in [0.15, 0.2) is 24.3 Å². The van der Waals surface area contributed by atoms with Crippen LogP contribution in [0.4, 0.5) is 5.69 Å². The average Bonchev–Trinajstić information content (AvgIpc) is 2.77. The summed E-state index contributed by atoms with van der Waals surface area (Å²) in [5.74, 6) is -0.105. The van der Waals surface area contributed by atoms with Gasteiger partial charge in [-0.3, -0.25) is 9.59 Å². The number of quaternary nitrogens is 1. The Hall–Kier alpha value is -1.68. The standard InChI is InChI=1S/C19H26N2O2/c1-14-9-11-16(12-10-14)21-18(22)13-17(19(21)23)20-15-7-5-3-2-4-6-8-15/h9-12,15,17,20H,2-8,13H2,1H3/p+1/t17-/m1/s1. The first-order valence-corrected chi connectivity index (χ1v) is 8.93. The molecule has 4 heteroatoms. The number of hydrogen-bond acceptors (Lipinski definition) is 2. The van der Waals surface area contributed by atoms with Crippen molar-refractivity contribution >= 4 is 17.5 Å². The zero-order valence-corrected chi connectivity index (χ0v) is 14.0. The Morgan fingerprint density at radius 3 is 2.22 bits per heavy atom. The lowest BCUT2D eigenvalue weighted by Gasteiger charge is -2.21. The van der Waals surface area contributed by atoms with Crippen LogP contribution in [0.1, 0.15) is 56.9 Å². The van der Waals surface area contributed by atoms with Crippen LogP contribution < -0.4 is 10.2 Å². The molecule has 2 amide bonds. The van der Waals surface area contributed by atoms with E-state index in [1.807, 2.05) is 31.2 Å². The molecule has 1 aliphatic heterocycles. The third-order valence-electron chi connectivity index (χ3n) is 5.13. The molecule has 124 valence electrons. The van der Waals surface area contributed by atoms with Crippen molar-refractivity contribution in [3.8, 4) is 0 Å². The number of nitrogens with zero attached hydrogens (tertiary/aromatic N) is 1. The van der Waals surface area contributed by atoms with E-state index in [-0.39, 0.29) is 17.9 Å². The molecule has 0 spiro atoms. The summed E-state index contributed by atoms with van der Waals surface area (Å²) in [5.41, 5.74) is 1.84. The van der Waals surface area contributed by atoms with Crippen molar-refractivity contribution in [2.24, 2.45) is 0 Å². The van der Waals surface area contributed by atoms with Crippen LogP contribution in [0.5, 0.6) is 0 Å². The third kappa shape index (κ3) is 3.81. The summed E-state index contributed by atoms with van der Waals surface area (Å²) in [6.07, 6.45) is 9.12. The van der Waals surface area contributed by atoms with Crippen LogP contribution in [0.25, 0.3) is 0 Å². The van der Waals surface area contributed by atoms with Crippen molar-refractivity contribution in [2.45, 2.75) is 70.4 Å². The number of rotatable bonds is 3. The Bertz CT molecular complexity index is 559. The molecule has 2 N–H and O–H groups in total. The molecule has 1 aromatic rings. The minimum atomic E-state index is -0.228. The lowest BCUT2D eigenvalue weighted by molar-refractivity contribution is -0.709. The fourth-order valence-corrected chi connectivity index (χ4v) is 3.78. The molecule has 0 radical (unpaired) electrons. The third-order valence-corrected chi connectivity index (χ3v) is 5.13. The molecule has 1 saturated heterocycles. The Balaban J connectivity index is 1.66. The second kappa shape index (κ2) is 7.26.